The molecule has 0 saturated heterocycles. The Balaban J connectivity index is 2.14. The van der Waals surface area contributed by atoms with Gasteiger partial charge < -0.3 is 19.5 Å². The summed E-state index contributed by atoms with van der Waals surface area (Å²) in [5, 5.41) is 9.39. The van der Waals surface area contributed by atoms with Crippen LogP contribution in [0.3, 0.4) is 0 Å². The molecule has 110 valence electrons. The molecule has 1 aliphatic heterocycles. The van der Waals surface area contributed by atoms with Crippen LogP contribution < -0.4 is 9.47 Å². The molecule has 5 nitrogen and oxygen atoms in total. The molecule has 1 aromatic carbocycles. The lowest BCUT2D eigenvalue weighted by Gasteiger charge is -2.38. The van der Waals surface area contributed by atoms with Crippen LogP contribution in [0.1, 0.15) is 33.3 Å². The summed E-state index contributed by atoms with van der Waals surface area (Å²) in [5.41, 5.74) is 0.610. The topological polar surface area (TPSA) is 59.0 Å². The van der Waals surface area contributed by atoms with E-state index in [4.69, 9.17) is 9.47 Å². The van der Waals surface area contributed by atoms with Crippen LogP contribution in [0.25, 0.3) is 0 Å². The first-order valence-corrected chi connectivity index (χ1v) is 6.70. The summed E-state index contributed by atoms with van der Waals surface area (Å²) in [6, 6.07) is 5.62. The summed E-state index contributed by atoms with van der Waals surface area (Å²) in [4.78, 5) is 12.9. The van der Waals surface area contributed by atoms with Crippen LogP contribution in [0.4, 0.5) is 4.79 Å². The Labute approximate surface area is 119 Å². The zero-order valence-corrected chi connectivity index (χ0v) is 12.3. The number of carboxylic acid groups (broad SMARTS) is 1. The Morgan fingerprint density at radius 2 is 2.00 bits per heavy atom. The molecular formula is C15H21NO4. The smallest absolute Gasteiger partial charge is 0.407 e. The average Bonchev–Trinajstić information content (AvgIpc) is 2.73. The summed E-state index contributed by atoms with van der Waals surface area (Å²) in [7, 11) is 0. The van der Waals surface area contributed by atoms with Crippen molar-refractivity contribution in [2.45, 2.75) is 45.7 Å². The van der Waals surface area contributed by atoms with Crippen LogP contribution in [0.15, 0.2) is 18.2 Å². The van der Waals surface area contributed by atoms with Crippen LogP contribution in [0, 0.1) is 0 Å². The quantitative estimate of drug-likeness (QED) is 0.923. The molecule has 0 aliphatic carbocycles. The highest BCUT2D eigenvalue weighted by Gasteiger charge is 2.30. The van der Waals surface area contributed by atoms with E-state index in [2.05, 4.69) is 0 Å². The van der Waals surface area contributed by atoms with Gasteiger partial charge in [-0.15, -0.1) is 0 Å². The lowest BCUT2D eigenvalue weighted by atomic mass is 9.99. The van der Waals surface area contributed by atoms with E-state index in [1.807, 2.05) is 45.9 Å². The SMILES string of the molecule is C[C@H](Cc1ccc2c(c1)OCO2)N(C(=O)O)C(C)(C)C. The molecule has 20 heavy (non-hydrogen) atoms. The third kappa shape index (κ3) is 2.98. The van der Waals surface area contributed by atoms with Crippen LogP contribution in [-0.2, 0) is 6.42 Å². The largest absolute Gasteiger partial charge is 0.465 e. The lowest BCUT2D eigenvalue weighted by Crippen LogP contribution is -2.50. The van der Waals surface area contributed by atoms with Crippen molar-refractivity contribution in [3.63, 3.8) is 0 Å². The Kier molecular flexibility index (Phi) is 3.79. The zero-order valence-electron chi connectivity index (χ0n) is 12.3. The van der Waals surface area contributed by atoms with Gasteiger partial charge in [0.05, 0.1) is 0 Å². The van der Waals surface area contributed by atoms with Crippen molar-refractivity contribution < 1.29 is 19.4 Å². The number of fused-ring (bicyclic) bond motifs is 1. The van der Waals surface area contributed by atoms with Gasteiger partial charge >= 0.3 is 6.09 Å². The van der Waals surface area contributed by atoms with Gasteiger partial charge in [0.2, 0.25) is 6.79 Å². The third-order valence-corrected chi connectivity index (χ3v) is 3.34. The van der Waals surface area contributed by atoms with Crippen molar-refractivity contribution in [3.8, 4) is 11.5 Å². The summed E-state index contributed by atoms with van der Waals surface area (Å²) >= 11 is 0. The summed E-state index contributed by atoms with van der Waals surface area (Å²) < 4.78 is 10.6. The summed E-state index contributed by atoms with van der Waals surface area (Å²) in [6.45, 7) is 7.87. The molecule has 1 heterocycles. The Morgan fingerprint density at radius 1 is 1.35 bits per heavy atom. The number of hydrogen-bond acceptors (Lipinski definition) is 3. The highest BCUT2D eigenvalue weighted by Crippen LogP contribution is 2.33. The van der Waals surface area contributed by atoms with Crippen LogP contribution in [-0.4, -0.2) is 34.5 Å². The van der Waals surface area contributed by atoms with Crippen molar-refractivity contribution >= 4 is 6.09 Å². The fourth-order valence-electron chi connectivity index (χ4n) is 2.64. The molecule has 1 N–H and O–H groups in total. The van der Waals surface area contributed by atoms with Crippen molar-refractivity contribution in [1.82, 2.24) is 4.90 Å². The standard InChI is InChI=1S/C15H21NO4/c1-10(16(14(17)18)15(2,3)4)7-11-5-6-12-13(8-11)20-9-19-12/h5-6,8,10H,7,9H2,1-4H3,(H,17,18)/t10-/m1/s1. The number of carbonyl (C=O) groups is 1. The number of benzene rings is 1. The van der Waals surface area contributed by atoms with Gasteiger partial charge in [0.25, 0.3) is 0 Å². The van der Waals surface area contributed by atoms with Gasteiger partial charge in [0, 0.05) is 11.6 Å². The monoisotopic (exact) mass is 279 g/mol. The number of rotatable bonds is 3. The van der Waals surface area contributed by atoms with Crippen molar-refractivity contribution in [2.24, 2.45) is 0 Å². The molecule has 0 spiro atoms. The second kappa shape index (κ2) is 5.23. The maximum absolute atomic E-state index is 11.4. The van der Waals surface area contributed by atoms with Crippen molar-refractivity contribution in [3.05, 3.63) is 23.8 Å². The van der Waals surface area contributed by atoms with E-state index < -0.39 is 11.6 Å². The number of ether oxygens (including phenoxy) is 2. The van der Waals surface area contributed by atoms with E-state index in [1.54, 1.807) is 0 Å². The highest BCUT2D eigenvalue weighted by molar-refractivity contribution is 5.66. The molecular weight excluding hydrogens is 258 g/mol. The second-order valence-corrected chi connectivity index (χ2v) is 6.06. The molecule has 1 atom stereocenters. The average molecular weight is 279 g/mol. The highest BCUT2D eigenvalue weighted by atomic mass is 16.7. The van der Waals surface area contributed by atoms with Crippen LogP contribution in [0.2, 0.25) is 0 Å². The van der Waals surface area contributed by atoms with Gasteiger partial charge in [-0.1, -0.05) is 6.07 Å². The van der Waals surface area contributed by atoms with E-state index in [0.29, 0.717) is 6.42 Å². The molecule has 1 amide bonds. The first kappa shape index (κ1) is 14.5. The normalized spacial score (nSPS) is 15.0. The maximum Gasteiger partial charge on any atom is 0.407 e. The predicted octanol–water partition coefficient (Wildman–Crippen LogP) is 3.12. The van der Waals surface area contributed by atoms with Gasteiger partial charge in [0.15, 0.2) is 11.5 Å². The van der Waals surface area contributed by atoms with Gasteiger partial charge in [-0.2, -0.15) is 0 Å². The van der Waals surface area contributed by atoms with Gasteiger partial charge in [-0.05, 0) is 51.8 Å². The predicted molar refractivity (Wildman–Crippen MR) is 75.3 cm³/mol. The van der Waals surface area contributed by atoms with Crippen molar-refractivity contribution in [1.29, 1.82) is 0 Å². The minimum absolute atomic E-state index is 0.118. The minimum Gasteiger partial charge on any atom is -0.465 e. The fraction of sp³-hybridized carbons (Fsp3) is 0.533. The van der Waals surface area contributed by atoms with E-state index >= 15 is 0 Å². The second-order valence-electron chi connectivity index (χ2n) is 6.06. The Morgan fingerprint density at radius 3 is 2.60 bits per heavy atom. The zero-order chi connectivity index (χ0) is 14.9. The van der Waals surface area contributed by atoms with Crippen molar-refractivity contribution in [2.75, 3.05) is 6.79 Å². The molecule has 0 bridgehead atoms. The minimum atomic E-state index is -0.897. The number of amides is 1. The number of nitrogens with zero attached hydrogens (tertiary/aromatic N) is 1. The molecule has 0 aromatic heterocycles. The molecule has 0 unspecified atom stereocenters. The molecule has 5 heteroatoms. The third-order valence-electron chi connectivity index (χ3n) is 3.34. The van der Waals surface area contributed by atoms with Crippen LogP contribution in [0.5, 0.6) is 11.5 Å². The molecule has 2 rings (SSSR count). The van der Waals surface area contributed by atoms with Gasteiger partial charge in [-0.3, -0.25) is 0 Å². The maximum atomic E-state index is 11.4. The number of hydrogen-bond donors (Lipinski definition) is 1. The van der Waals surface area contributed by atoms with Gasteiger partial charge in [-0.25, -0.2) is 4.79 Å². The van der Waals surface area contributed by atoms with E-state index in [-0.39, 0.29) is 12.8 Å². The molecule has 0 radical (unpaired) electrons. The fourth-order valence-corrected chi connectivity index (χ4v) is 2.64. The van der Waals surface area contributed by atoms with E-state index in [1.165, 1.54) is 4.90 Å². The molecule has 1 aliphatic rings. The van der Waals surface area contributed by atoms with E-state index in [0.717, 1.165) is 17.1 Å². The van der Waals surface area contributed by atoms with E-state index in [9.17, 15) is 9.90 Å². The summed E-state index contributed by atoms with van der Waals surface area (Å²) in [6.07, 6.45) is -0.258. The first-order valence-electron chi connectivity index (χ1n) is 6.70. The molecule has 1 aromatic rings. The van der Waals surface area contributed by atoms with Gasteiger partial charge in [0.1, 0.15) is 0 Å². The first-order chi connectivity index (χ1) is 9.29. The Hall–Kier alpha value is -1.91. The molecule has 0 saturated carbocycles. The summed E-state index contributed by atoms with van der Waals surface area (Å²) in [5.74, 6) is 1.47. The lowest BCUT2D eigenvalue weighted by molar-refractivity contribution is 0.0756. The Bertz CT molecular complexity index is 507. The van der Waals surface area contributed by atoms with Crippen LogP contribution >= 0.6 is 0 Å². The molecule has 0 fully saturated rings.